The van der Waals surface area contributed by atoms with Crippen molar-refractivity contribution < 1.29 is 18.7 Å². The van der Waals surface area contributed by atoms with Gasteiger partial charge in [0.2, 0.25) is 5.91 Å². The molecule has 0 unspecified atom stereocenters. The highest BCUT2D eigenvalue weighted by atomic mass is 35.5. The highest BCUT2D eigenvalue weighted by Gasteiger charge is 2.05. The zero-order chi connectivity index (χ0) is 18.1. The largest absolute Gasteiger partial charge is 0.493 e. The zero-order valence-electron chi connectivity index (χ0n) is 13.4. The molecule has 132 valence electrons. The predicted molar refractivity (Wildman–Crippen MR) is 93.3 cm³/mol. The van der Waals surface area contributed by atoms with Crippen LogP contribution in [0.5, 0.6) is 5.75 Å². The van der Waals surface area contributed by atoms with E-state index in [0.29, 0.717) is 29.4 Å². The molecule has 0 aliphatic rings. The number of hydrogen-bond acceptors (Lipinski definition) is 3. The first-order valence-corrected chi connectivity index (χ1v) is 8.11. The van der Waals surface area contributed by atoms with Crippen molar-refractivity contribution in [1.29, 1.82) is 0 Å². The van der Waals surface area contributed by atoms with Gasteiger partial charge in [0.05, 0.1) is 13.0 Å². The Kier molecular flexibility index (Phi) is 7.22. The van der Waals surface area contributed by atoms with Gasteiger partial charge in [-0.05, 0) is 48.5 Å². The standard InChI is InChI=1S/C18H18ClFN2O3/c19-14-3-1-13(2-4-14)18(24)22-11-10-21-17(23)9-12-25-16-7-5-15(20)6-8-16/h1-8H,9-12H2,(H,21,23)(H,22,24). The molecule has 0 saturated heterocycles. The van der Waals surface area contributed by atoms with Gasteiger partial charge in [0.1, 0.15) is 11.6 Å². The Morgan fingerprint density at radius 1 is 0.960 bits per heavy atom. The number of nitrogens with one attached hydrogen (secondary N) is 2. The summed E-state index contributed by atoms with van der Waals surface area (Å²) in [5.41, 5.74) is 0.503. The lowest BCUT2D eigenvalue weighted by Crippen LogP contribution is -2.35. The van der Waals surface area contributed by atoms with E-state index in [0.717, 1.165) is 0 Å². The third-order valence-electron chi connectivity index (χ3n) is 3.25. The third-order valence-corrected chi connectivity index (χ3v) is 3.50. The van der Waals surface area contributed by atoms with Gasteiger partial charge in [-0.15, -0.1) is 0 Å². The van der Waals surface area contributed by atoms with Crippen molar-refractivity contribution in [3.05, 3.63) is 64.9 Å². The Morgan fingerprint density at radius 3 is 2.28 bits per heavy atom. The van der Waals surface area contributed by atoms with Crippen LogP contribution in [-0.4, -0.2) is 31.5 Å². The van der Waals surface area contributed by atoms with Crippen LogP contribution >= 0.6 is 11.6 Å². The van der Waals surface area contributed by atoms with Gasteiger partial charge >= 0.3 is 0 Å². The van der Waals surface area contributed by atoms with E-state index < -0.39 is 0 Å². The molecule has 7 heteroatoms. The van der Waals surface area contributed by atoms with Gasteiger partial charge in [0.25, 0.3) is 5.91 Å². The van der Waals surface area contributed by atoms with E-state index in [1.807, 2.05) is 0 Å². The average Bonchev–Trinajstić information content (AvgIpc) is 2.61. The maximum absolute atomic E-state index is 12.7. The average molecular weight is 365 g/mol. The first kappa shape index (κ1) is 18.7. The Bertz CT molecular complexity index is 705. The van der Waals surface area contributed by atoms with Gasteiger partial charge in [-0.1, -0.05) is 11.6 Å². The summed E-state index contributed by atoms with van der Waals surface area (Å²) in [6.45, 7) is 0.815. The fraction of sp³-hybridized carbons (Fsp3) is 0.222. The van der Waals surface area contributed by atoms with Crippen LogP contribution in [0, 0.1) is 5.82 Å². The number of halogens is 2. The molecule has 0 aliphatic carbocycles. The van der Waals surface area contributed by atoms with E-state index in [1.54, 1.807) is 24.3 Å². The van der Waals surface area contributed by atoms with Crippen LogP contribution in [0.4, 0.5) is 4.39 Å². The number of rotatable bonds is 8. The number of carbonyl (C=O) groups is 2. The van der Waals surface area contributed by atoms with Crippen molar-refractivity contribution in [1.82, 2.24) is 10.6 Å². The molecule has 0 aromatic heterocycles. The van der Waals surface area contributed by atoms with E-state index in [1.165, 1.54) is 24.3 Å². The van der Waals surface area contributed by atoms with E-state index in [-0.39, 0.29) is 30.7 Å². The topological polar surface area (TPSA) is 67.4 Å². The van der Waals surface area contributed by atoms with Gasteiger partial charge in [-0.25, -0.2) is 4.39 Å². The predicted octanol–water partition coefficient (Wildman–Crippen LogP) is 2.79. The van der Waals surface area contributed by atoms with Crippen molar-refractivity contribution in [3.63, 3.8) is 0 Å². The van der Waals surface area contributed by atoms with Gasteiger partial charge in [0, 0.05) is 23.7 Å². The summed E-state index contributed by atoms with van der Waals surface area (Å²) >= 11 is 5.76. The van der Waals surface area contributed by atoms with Crippen molar-refractivity contribution in [2.24, 2.45) is 0 Å². The molecule has 2 rings (SSSR count). The van der Waals surface area contributed by atoms with Crippen LogP contribution in [0.3, 0.4) is 0 Å². The fourth-order valence-electron chi connectivity index (χ4n) is 1.96. The first-order valence-electron chi connectivity index (χ1n) is 7.73. The molecule has 0 fully saturated rings. The quantitative estimate of drug-likeness (QED) is 0.708. The summed E-state index contributed by atoms with van der Waals surface area (Å²) < 4.78 is 18.1. The maximum Gasteiger partial charge on any atom is 0.251 e. The van der Waals surface area contributed by atoms with Crippen LogP contribution in [-0.2, 0) is 4.79 Å². The minimum Gasteiger partial charge on any atom is -0.493 e. The first-order chi connectivity index (χ1) is 12.0. The molecule has 0 aliphatic heterocycles. The molecular formula is C18H18ClFN2O3. The number of ether oxygens (including phenoxy) is 1. The van der Waals surface area contributed by atoms with E-state index >= 15 is 0 Å². The number of hydrogen-bond donors (Lipinski definition) is 2. The van der Waals surface area contributed by atoms with Crippen LogP contribution in [0.25, 0.3) is 0 Å². The van der Waals surface area contributed by atoms with E-state index in [9.17, 15) is 14.0 Å². The fourth-order valence-corrected chi connectivity index (χ4v) is 2.09. The molecule has 2 aromatic rings. The summed E-state index contributed by atoms with van der Waals surface area (Å²) in [7, 11) is 0. The van der Waals surface area contributed by atoms with Crippen molar-refractivity contribution in [2.75, 3.05) is 19.7 Å². The Morgan fingerprint density at radius 2 is 1.60 bits per heavy atom. The molecule has 2 amide bonds. The molecule has 5 nitrogen and oxygen atoms in total. The normalized spacial score (nSPS) is 10.2. The lowest BCUT2D eigenvalue weighted by atomic mass is 10.2. The third kappa shape index (κ3) is 6.81. The Hall–Kier alpha value is -2.60. The lowest BCUT2D eigenvalue weighted by Gasteiger charge is -2.08. The van der Waals surface area contributed by atoms with Crippen LogP contribution in [0.1, 0.15) is 16.8 Å². The van der Waals surface area contributed by atoms with Crippen LogP contribution in [0.15, 0.2) is 48.5 Å². The molecule has 2 aromatic carbocycles. The summed E-state index contributed by atoms with van der Waals surface area (Å²) in [5, 5.41) is 5.94. The van der Waals surface area contributed by atoms with Gasteiger partial charge < -0.3 is 15.4 Å². The molecule has 0 bridgehead atoms. The van der Waals surface area contributed by atoms with Gasteiger partial charge in [0.15, 0.2) is 0 Å². The van der Waals surface area contributed by atoms with Gasteiger partial charge in [-0.2, -0.15) is 0 Å². The number of carbonyl (C=O) groups excluding carboxylic acids is 2. The van der Waals surface area contributed by atoms with E-state index in [4.69, 9.17) is 16.3 Å². The smallest absolute Gasteiger partial charge is 0.251 e. The molecule has 0 saturated carbocycles. The molecule has 0 heterocycles. The molecular weight excluding hydrogens is 347 g/mol. The highest BCUT2D eigenvalue weighted by Crippen LogP contribution is 2.11. The van der Waals surface area contributed by atoms with Crippen LogP contribution in [0.2, 0.25) is 5.02 Å². The van der Waals surface area contributed by atoms with Crippen molar-refractivity contribution in [2.45, 2.75) is 6.42 Å². The molecule has 0 radical (unpaired) electrons. The van der Waals surface area contributed by atoms with E-state index in [2.05, 4.69) is 10.6 Å². The summed E-state index contributed by atoms with van der Waals surface area (Å²) in [6.07, 6.45) is 0.169. The monoisotopic (exact) mass is 364 g/mol. The molecule has 25 heavy (non-hydrogen) atoms. The second kappa shape index (κ2) is 9.64. The summed E-state index contributed by atoms with van der Waals surface area (Å²) in [6, 6.07) is 12.1. The zero-order valence-corrected chi connectivity index (χ0v) is 14.2. The second-order valence-electron chi connectivity index (χ2n) is 5.17. The van der Waals surface area contributed by atoms with Crippen LogP contribution < -0.4 is 15.4 Å². The van der Waals surface area contributed by atoms with Crippen molar-refractivity contribution >= 4 is 23.4 Å². The SMILES string of the molecule is O=C(CCOc1ccc(F)cc1)NCCNC(=O)c1ccc(Cl)cc1. The van der Waals surface area contributed by atoms with Gasteiger partial charge in [-0.3, -0.25) is 9.59 Å². The lowest BCUT2D eigenvalue weighted by molar-refractivity contribution is -0.121. The minimum atomic E-state index is -0.342. The second-order valence-corrected chi connectivity index (χ2v) is 5.60. The van der Waals surface area contributed by atoms with Crippen molar-refractivity contribution in [3.8, 4) is 5.75 Å². The Labute approximate surface area is 150 Å². The Balaban J connectivity index is 1.58. The molecule has 0 atom stereocenters. The summed E-state index contributed by atoms with van der Waals surface area (Å²) in [4.78, 5) is 23.5. The highest BCUT2D eigenvalue weighted by molar-refractivity contribution is 6.30. The minimum absolute atomic E-state index is 0.169. The summed E-state index contributed by atoms with van der Waals surface area (Å²) in [5.74, 6) is -0.261. The molecule has 0 spiro atoms. The maximum atomic E-state index is 12.7. The number of amides is 2. The number of benzene rings is 2. The molecule has 2 N–H and O–H groups in total.